The van der Waals surface area contributed by atoms with Crippen LogP contribution >= 0.6 is 0 Å². The van der Waals surface area contributed by atoms with Crippen LogP contribution in [0.3, 0.4) is 0 Å². The fraction of sp³-hybridized carbons (Fsp3) is 0.471. The number of pyridine rings is 1. The molecule has 1 amide bonds. The second-order valence-corrected chi connectivity index (χ2v) is 6.27. The molecule has 24 heavy (non-hydrogen) atoms. The first-order chi connectivity index (χ1) is 11.5. The maximum Gasteiger partial charge on any atom is 0.222 e. The maximum absolute atomic E-state index is 12.1. The van der Waals surface area contributed by atoms with Crippen LogP contribution in [0.5, 0.6) is 5.75 Å². The number of rotatable bonds is 4. The van der Waals surface area contributed by atoms with Crippen molar-refractivity contribution >= 4 is 5.91 Å². The van der Waals surface area contributed by atoms with E-state index in [0.717, 1.165) is 17.8 Å². The molecular weight excluding hydrogens is 306 g/mol. The molecule has 3 heterocycles. The largest absolute Gasteiger partial charge is 0.506 e. The van der Waals surface area contributed by atoms with Gasteiger partial charge in [-0.05, 0) is 31.5 Å². The second-order valence-electron chi connectivity index (χ2n) is 6.27. The molecule has 0 unspecified atom stereocenters. The predicted molar refractivity (Wildman–Crippen MR) is 89.2 cm³/mol. The minimum Gasteiger partial charge on any atom is -0.506 e. The van der Waals surface area contributed by atoms with Gasteiger partial charge in [0.05, 0.1) is 17.4 Å². The average molecular weight is 329 g/mol. The predicted octanol–water partition coefficient (Wildman–Crippen LogP) is 1.28. The number of hydrogen-bond donors (Lipinski definition) is 2. The van der Waals surface area contributed by atoms with E-state index in [2.05, 4.69) is 15.4 Å². The van der Waals surface area contributed by atoms with Gasteiger partial charge < -0.3 is 15.3 Å². The van der Waals surface area contributed by atoms with Crippen LogP contribution < -0.4 is 5.32 Å². The highest BCUT2D eigenvalue weighted by Crippen LogP contribution is 2.30. The first-order valence-corrected chi connectivity index (χ1v) is 8.10. The molecule has 0 spiro atoms. The lowest BCUT2D eigenvalue weighted by atomic mass is 9.93. The van der Waals surface area contributed by atoms with Gasteiger partial charge in [-0.1, -0.05) is 0 Å². The Labute approximate surface area is 141 Å². The van der Waals surface area contributed by atoms with Gasteiger partial charge >= 0.3 is 0 Å². The van der Waals surface area contributed by atoms with Crippen LogP contribution in [-0.4, -0.2) is 43.8 Å². The van der Waals surface area contributed by atoms with Gasteiger partial charge in [0.15, 0.2) is 0 Å². The van der Waals surface area contributed by atoms with Crippen molar-refractivity contribution in [2.45, 2.75) is 38.4 Å². The first-order valence-electron chi connectivity index (χ1n) is 8.10. The van der Waals surface area contributed by atoms with Gasteiger partial charge in [-0.25, -0.2) is 0 Å². The van der Waals surface area contributed by atoms with Crippen molar-refractivity contribution in [3.63, 3.8) is 0 Å². The summed E-state index contributed by atoms with van der Waals surface area (Å²) in [5.41, 5.74) is 2.48. The minimum absolute atomic E-state index is 0.0739. The van der Waals surface area contributed by atoms with Crippen molar-refractivity contribution < 1.29 is 9.90 Å². The summed E-state index contributed by atoms with van der Waals surface area (Å²) in [7, 11) is 3.71. The smallest absolute Gasteiger partial charge is 0.222 e. The van der Waals surface area contributed by atoms with Crippen molar-refractivity contribution in [2.75, 3.05) is 7.05 Å². The zero-order chi connectivity index (χ0) is 17.3. The third kappa shape index (κ3) is 3.12. The third-order valence-electron chi connectivity index (χ3n) is 4.64. The van der Waals surface area contributed by atoms with Crippen molar-refractivity contribution in [1.29, 1.82) is 0 Å². The van der Waals surface area contributed by atoms with E-state index >= 15 is 0 Å². The fourth-order valence-electron chi connectivity index (χ4n) is 3.29. The number of carbonyl (C=O) groups excluding carboxylic acids is 1. The molecular formula is C17H23N5O2. The summed E-state index contributed by atoms with van der Waals surface area (Å²) < 4.78 is 1.80. The topological polar surface area (TPSA) is 83.3 Å². The Bertz CT molecular complexity index is 742. The summed E-state index contributed by atoms with van der Waals surface area (Å²) in [6.07, 6.45) is 2.99. The Morgan fingerprint density at radius 2 is 2.12 bits per heavy atom. The monoisotopic (exact) mass is 329 g/mol. The molecule has 1 fully saturated rings. The van der Waals surface area contributed by atoms with Crippen LogP contribution in [0.15, 0.2) is 24.4 Å². The van der Waals surface area contributed by atoms with E-state index in [-0.39, 0.29) is 23.7 Å². The molecule has 0 bridgehead atoms. The Morgan fingerprint density at radius 1 is 1.33 bits per heavy atom. The Hall–Kier alpha value is -2.41. The number of hydrogen-bond acceptors (Lipinski definition) is 5. The third-order valence-corrected chi connectivity index (χ3v) is 4.64. The first kappa shape index (κ1) is 16.4. The van der Waals surface area contributed by atoms with Crippen LogP contribution in [0.4, 0.5) is 0 Å². The molecule has 128 valence electrons. The average Bonchev–Trinajstić information content (AvgIpc) is 2.97. The highest BCUT2D eigenvalue weighted by Gasteiger charge is 2.36. The number of likely N-dealkylation sites (N-methyl/N-ethyl adjacent to an activating group) is 1. The SMILES string of the molecule is Cc1ccc(O)c(CN[C@@H]2CCC(=O)N(C)[C@H]2c2ccnn2C)n1. The normalized spacial score (nSPS) is 21.3. The van der Waals surface area contributed by atoms with Gasteiger partial charge in [-0.3, -0.25) is 14.5 Å². The standard InChI is InChI=1S/C17H23N5O2/c1-11-4-6-15(23)13(20-11)10-18-12-5-7-16(24)21(2)17(12)14-8-9-19-22(14)3/h4,6,8-9,12,17-18,23H,5,7,10H2,1-3H3/t12-,17-/m1/s1. The number of nitrogens with zero attached hydrogens (tertiary/aromatic N) is 4. The molecule has 2 N–H and O–H groups in total. The zero-order valence-electron chi connectivity index (χ0n) is 14.2. The van der Waals surface area contributed by atoms with Crippen molar-refractivity contribution in [2.24, 2.45) is 7.05 Å². The Balaban J connectivity index is 1.81. The number of aromatic nitrogens is 3. The van der Waals surface area contributed by atoms with E-state index in [0.29, 0.717) is 18.7 Å². The summed E-state index contributed by atoms with van der Waals surface area (Å²) in [5.74, 6) is 0.321. The van der Waals surface area contributed by atoms with Crippen molar-refractivity contribution in [3.05, 3.63) is 41.5 Å². The summed E-state index contributed by atoms with van der Waals surface area (Å²) >= 11 is 0. The summed E-state index contributed by atoms with van der Waals surface area (Å²) in [6, 6.07) is 5.37. The lowest BCUT2D eigenvalue weighted by molar-refractivity contribution is -0.136. The molecule has 1 aliphatic rings. The molecule has 1 aliphatic heterocycles. The van der Waals surface area contributed by atoms with Crippen LogP contribution in [0.2, 0.25) is 0 Å². The molecule has 2 aromatic heterocycles. The lowest BCUT2D eigenvalue weighted by Gasteiger charge is -2.39. The summed E-state index contributed by atoms with van der Waals surface area (Å²) in [6.45, 7) is 2.35. The Kier molecular flexibility index (Phi) is 4.53. The van der Waals surface area contributed by atoms with E-state index in [1.165, 1.54) is 0 Å². The van der Waals surface area contributed by atoms with E-state index in [1.54, 1.807) is 27.9 Å². The molecule has 2 atom stereocenters. The molecule has 0 saturated carbocycles. The molecule has 7 nitrogen and oxygen atoms in total. The number of likely N-dealkylation sites (tertiary alicyclic amines) is 1. The molecule has 0 aromatic carbocycles. The quantitative estimate of drug-likeness (QED) is 0.883. The number of nitrogens with one attached hydrogen (secondary N) is 1. The molecule has 1 saturated heterocycles. The number of amides is 1. The van der Waals surface area contributed by atoms with Gasteiger partial charge in [0, 0.05) is 45.0 Å². The van der Waals surface area contributed by atoms with Gasteiger partial charge in [-0.15, -0.1) is 0 Å². The van der Waals surface area contributed by atoms with E-state index < -0.39 is 0 Å². The molecule has 2 aromatic rings. The number of aryl methyl sites for hydroxylation is 2. The van der Waals surface area contributed by atoms with Gasteiger partial charge in [0.1, 0.15) is 5.75 Å². The molecule has 7 heteroatoms. The van der Waals surface area contributed by atoms with Crippen molar-refractivity contribution in [1.82, 2.24) is 25.0 Å². The Morgan fingerprint density at radius 3 is 2.83 bits per heavy atom. The summed E-state index contributed by atoms with van der Waals surface area (Å²) in [5, 5.41) is 17.7. The number of carbonyl (C=O) groups is 1. The summed E-state index contributed by atoms with van der Waals surface area (Å²) in [4.78, 5) is 18.3. The molecule has 3 rings (SSSR count). The van der Waals surface area contributed by atoms with Crippen LogP contribution in [-0.2, 0) is 18.4 Å². The number of piperidine rings is 1. The van der Waals surface area contributed by atoms with Crippen LogP contribution in [0.25, 0.3) is 0 Å². The van der Waals surface area contributed by atoms with Crippen LogP contribution in [0.1, 0.15) is 36.0 Å². The van der Waals surface area contributed by atoms with E-state index in [9.17, 15) is 9.90 Å². The highest BCUT2D eigenvalue weighted by molar-refractivity contribution is 5.77. The van der Waals surface area contributed by atoms with E-state index in [4.69, 9.17) is 0 Å². The highest BCUT2D eigenvalue weighted by atomic mass is 16.3. The number of aromatic hydroxyl groups is 1. The maximum atomic E-state index is 12.1. The van der Waals surface area contributed by atoms with Gasteiger partial charge in [0.2, 0.25) is 5.91 Å². The van der Waals surface area contributed by atoms with Crippen LogP contribution in [0, 0.1) is 6.92 Å². The molecule has 0 radical (unpaired) electrons. The lowest BCUT2D eigenvalue weighted by Crippen LogP contribution is -2.49. The van der Waals surface area contributed by atoms with Gasteiger partial charge in [-0.2, -0.15) is 5.10 Å². The van der Waals surface area contributed by atoms with Crippen molar-refractivity contribution in [3.8, 4) is 5.75 Å². The van der Waals surface area contributed by atoms with E-state index in [1.807, 2.05) is 27.1 Å². The molecule has 0 aliphatic carbocycles. The second kappa shape index (κ2) is 6.60. The zero-order valence-corrected chi connectivity index (χ0v) is 14.2. The van der Waals surface area contributed by atoms with Gasteiger partial charge in [0.25, 0.3) is 0 Å². The fourth-order valence-corrected chi connectivity index (χ4v) is 3.29. The minimum atomic E-state index is -0.0919.